The Bertz CT molecular complexity index is 523. The lowest BCUT2D eigenvalue weighted by Crippen LogP contribution is -2.19. The third-order valence-electron chi connectivity index (χ3n) is 3.29. The molecule has 0 saturated heterocycles. The van der Waals surface area contributed by atoms with E-state index in [1.54, 1.807) is 0 Å². The highest BCUT2D eigenvalue weighted by atomic mass is 14.9. The van der Waals surface area contributed by atoms with Crippen LogP contribution in [0.25, 0.3) is 10.8 Å². The summed E-state index contributed by atoms with van der Waals surface area (Å²) in [6, 6.07) is 15.5. The second kappa shape index (κ2) is 6.36. The van der Waals surface area contributed by atoms with Crippen molar-refractivity contribution >= 4 is 10.8 Å². The smallest absolute Gasteiger partial charge is 0.0298 e. The van der Waals surface area contributed by atoms with Crippen molar-refractivity contribution < 1.29 is 0 Å². The molecule has 0 saturated carbocycles. The van der Waals surface area contributed by atoms with Gasteiger partial charge < -0.3 is 5.32 Å². The zero-order valence-electron chi connectivity index (χ0n) is 11.2. The maximum atomic E-state index is 3.57. The molecular formula is C17H21N. The van der Waals surface area contributed by atoms with Crippen molar-refractivity contribution in [2.45, 2.75) is 26.3 Å². The van der Waals surface area contributed by atoms with Gasteiger partial charge in [-0.3, -0.25) is 0 Å². The lowest BCUT2D eigenvalue weighted by atomic mass is 10.00. The highest BCUT2D eigenvalue weighted by molar-refractivity contribution is 5.86. The minimum Gasteiger partial charge on any atom is -0.310 e. The van der Waals surface area contributed by atoms with Crippen LogP contribution in [0.2, 0.25) is 0 Å². The number of rotatable bonds is 5. The van der Waals surface area contributed by atoms with Crippen LogP contribution in [0, 0.1) is 0 Å². The van der Waals surface area contributed by atoms with Crippen LogP contribution >= 0.6 is 0 Å². The fourth-order valence-electron chi connectivity index (χ4n) is 2.29. The predicted octanol–water partition coefficient (Wildman–Crippen LogP) is 4.46. The van der Waals surface area contributed by atoms with Crippen LogP contribution in [-0.2, 0) is 0 Å². The van der Waals surface area contributed by atoms with Crippen molar-refractivity contribution in [1.82, 2.24) is 5.32 Å². The standard InChI is InChI=1S/C17H21N/c1-3-4-7-13-18-14(2)16-12-8-10-15-9-5-6-11-17(15)16/h3-6,8-12,14,18H,7,13H2,1-2H3/b4-3+. The molecule has 2 rings (SSSR count). The fourth-order valence-corrected chi connectivity index (χ4v) is 2.29. The molecule has 0 aliphatic heterocycles. The average Bonchev–Trinajstić information content (AvgIpc) is 2.43. The van der Waals surface area contributed by atoms with Gasteiger partial charge >= 0.3 is 0 Å². The van der Waals surface area contributed by atoms with E-state index in [1.165, 1.54) is 16.3 Å². The van der Waals surface area contributed by atoms with Crippen molar-refractivity contribution in [1.29, 1.82) is 0 Å². The Morgan fingerprint density at radius 1 is 1.11 bits per heavy atom. The lowest BCUT2D eigenvalue weighted by molar-refractivity contribution is 0.584. The molecule has 18 heavy (non-hydrogen) atoms. The van der Waals surface area contributed by atoms with E-state index in [9.17, 15) is 0 Å². The van der Waals surface area contributed by atoms with Gasteiger partial charge in [-0.1, -0.05) is 54.6 Å². The monoisotopic (exact) mass is 239 g/mol. The number of fused-ring (bicyclic) bond motifs is 1. The summed E-state index contributed by atoms with van der Waals surface area (Å²) >= 11 is 0. The lowest BCUT2D eigenvalue weighted by Gasteiger charge is -2.16. The molecule has 0 heterocycles. The highest BCUT2D eigenvalue weighted by Crippen LogP contribution is 2.23. The third kappa shape index (κ3) is 2.99. The van der Waals surface area contributed by atoms with Gasteiger partial charge in [-0.15, -0.1) is 0 Å². The van der Waals surface area contributed by atoms with Crippen LogP contribution in [0.3, 0.4) is 0 Å². The summed E-state index contributed by atoms with van der Waals surface area (Å²) in [7, 11) is 0. The fraction of sp³-hybridized carbons (Fsp3) is 0.294. The second-order valence-electron chi connectivity index (χ2n) is 4.60. The van der Waals surface area contributed by atoms with Crippen molar-refractivity contribution in [3.63, 3.8) is 0 Å². The first-order valence-electron chi connectivity index (χ1n) is 6.65. The number of hydrogen-bond donors (Lipinski definition) is 1. The molecule has 94 valence electrons. The van der Waals surface area contributed by atoms with E-state index in [0.29, 0.717) is 6.04 Å². The Balaban J connectivity index is 2.14. The first-order valence-corrected chi connectivity index (χ1v) is 6.65. The van der Waals surface area contributed by atoms with Crippen molar-refractivity contribution in [2.75, 3.05) is 6.54 Å². The number of hydrogen-bond acceptors (Lipinski definition) is 1. The summed E-state index contributed by atoms with van der Waals surface area (Å²) in [5.41, 5.74) is 1.38. The van der Waals surface area contributed by atoms with E-state index in [4.69, 9.17) is 0 Å². The Kier molecular flexibility index (Phi) is 4.54. The highest BCUT2D eigenvalue weighted by Gasteiger charge is 2.07. The van der Waals surface area contributed by atoms with E-state index in [0.717, 1.165) is 13.0 Å². The van der Waals surface area contributed by atoms with Crippen LogP contribution in [0.15, 0.2) is 54.6 Å². The van der Waals surface area contributed by atoms with Crippen LogP contribution in [-0.4, -0.2) is 6.54 Å². The van der Waals surface area contributed by atoms with Crippen LogP contribution in [0.5, 0.6) is 0 Å². The molecule has 1 atom stereocenters. The summed E-state index contributed by atoms with van der Waals surface area (Å²) in [5.74, 6) is 0. The first kappa shape index (κ1) is 12.8. The van der Waals surface area contributed by atoms with Gasteiger partial charge in [0.15, 0.2) is 0 Å². The summed E-state index contributed by atoms with van der Waals surface area (Å²) in [6.07, 6.45) is 5.39. The van der Waals surface area contributed by atoms with Crippen LogP contribution < -0.4 is 5.32 Å². The molecule has 1 N–H and O–H groups in total. The Hall–Kier alpha value is -1.60. The average molecular weight is 239 g/mol. The van der Waals surface area contributed by atoms with E-state index in [1.807, 2.05) is 0 Å². The molecule has 0 aliphatic carbocycles. The van der Waals surface area contributed by atoms with Gasteiger partial charge in [0.1, 0.15) is 0 Å². The Labute approximate surface area is 110 Å². The van der Waals surface area contributed by atoms with Gasteiger partial charge in [-0.05, 0) is 43.1 Å². The van der Waals surface area contributed by atoms with Crippen molar-refractivity contribution in [3.8, 4) is 0 Å². The Morgan fingerprint density at radius 2 is 1.89 bits per heavy atom. The molecule has 0 fully saturated rings. The van der Waals surface area contributed by atoms with E-state index >= 15 is 0 Å². The molecule has 0 amide bonds. The predicted molar refractivity (Wildman–Crippen MR) is 79.8 cm³/mol. The Morgan fingerprint density at radius 3 is 2.72 bits per heavy atom. The normalized spacial score (nSPS) is 13.2. The van der Waals surface area contributed by atoms with Gasteiger partial charge in [0.2, 0.25) is 0 Å². The quantitative estimate of drug-likeness (QED) is 0.600. The molecule has 0 aliphatic rings. The molecule has 0 bridgehead atoms. The minimum absolute atomic E-state index is 0.390. The van der Waals surface area contributed by atoms with Crippen molar-refractivity contribution in [2.24, 2.45) is 0 Å². The number of allylic oxidation sites excluding steroid dienone is 1. The molecule has 0 radical (unpaired) electrons. The maximum absolute atomic E-state index is 3.57. The van der Waals surface area contributed by atoms with Crippen molar-refractivity contribution in [3.05, 3.63) is 60.2 Å². The van der Waals surface area contributed by atoms with Gasteiger partial charge in [0.25, 0.3) is 0 Å². The largest absolute Gasteiger partial charge is 0.310 e. The van der Waals surface area contributed by atoms with Gasteiger partial charge in [0.05, 0.1) is 0 Å². The molecule has 1 nitrogen and oxygen atoms in total. The maximum Gasteiger partial charge on any atom is 0.0298 e. The second-order valence-corrected chi connectivity index (χ2v) is 4.60. The van der Waals surface area contributed by atoms with Gasteiger partial charge in [0, 0.05) is 6.04 Å². The zero-order chi connectivity index (χ0) is 12.8. The van der Waals surface area contributed by atoms with Gasteiger partial charge in [-0.2, -0.15) is 0 Å². The minimum atomic E-state index is 0.390. The number of benzene rings is 2. The topological polar surface area (TPSA) is 12.0 Å². The van der Waals surface area contributed by atoms with E-state index in [-0.39, 0.29) is 0 Å². The molecular weight excluding hydrogens is 218 g/mol. The molecule has 1 unspecified atom stereocenters. The molecule has 2 aromatic rings. The number of nitrogens with one attached hydrogen (secondary N) is 1. The molecule has 2 aromatic carbocycles. The zero-order valence-corrected chi connectivity index (χ0v) is 11.2. The van der Waals surface area contributed by atoms with Gasteiger partial charge in [-0.25, -0.2) is 0 Å². The first-order chi connectivity index (χ1) is 8.83. The summed E-state index contributed by atoms with van der Waals surface area (Å²) in [5, 5.41) is 6.24. The van der Waals surface area contributed by atoms with Crippen LogP contribution in [0.1, 0.15) is 31.9 Å². The van der Waals surface area contributed by atoms with Crippen LogP contribution in [0.4, 0.5) is 0 Å². The molecule has 0 aromatic heterocycles. The molecule has 0 spiro atoms. The van der Waals surface area contributed by atoms with E-state index < -0.39 is 0 Å². The third-order valence-corrected chi connectivity index (χ3v) is 3.29. The molecule has 1 heteroatoms. The summed E-state index contributed by atoms with van der Waals surface area (Å²) in [6.45, 7) is 5.32. The summed E-state index contributed by atoms with van der Waals surface area (Å²) < 4.78 is 0. The van der Waals surface area contributed by atoms with E-state index in [2.05, 4.69) is 73.8 Å². The summed E-state index contributed by atoms with van der Waals surface area (Å²) in [4.78, 5) is 0. The SMILES string of the molecule is C/C=C/CCNC(C)c1cccc2ccccc12.